The highest BCUT2D eigenvalue weighted by Gasteiger charge is 2.07. The molecule has 0 aliphatic carbocycles. The fourth-order valence-corrected chi connectivity index (χ4v) is 2.11. The van der Waals surface area contributed by atoms with Gasteiger partial charge in [-0.15, -0.1) is 12.4 Å². The van der Waals surface area contributed by atoms with Gasteiger partial charge in [-0.3, -0.25) is 0 Å². The third-order valence-electron chi connectivity index (χ3n) is 2.57. The van der Waals surface area contributed by atoms with Crippen molar-refractivity contribution < 1.29 is 9.53 Å². The van der Waals surface area contributed by atoms with Crippen LogP contribution in [-0.2, 0) is 4.74 Å². The van der Waals surface area contributed by atoms with Crippen LogP contribution in [0.3, 0.4) is 0 Å². The molecule has 1 aromatic carbocycles. The van der Waals surface area contributed by atoms with E-state index >= 15 is 0 Å². The van der Waals surface area contributed by atoms with Gasteiger partial charge in [0.05, 0.1) is 12.7 Å². The Morgan fingerprint density at radius 2 is 2.05 bits per heavy atom. The molecule has 7 heteroatoms. The maximum absolute atomic E-state index is 11.5. The van der Waals surface area contributed by atoms with Crippen LogP contribution in [0.15, 0.2) is 35.5 Å². The van der Waals surface area contributed by atoms with E-state index < -0.39 is 0 Å². The van der Waals surface area contributed by atoms with Gasteiger partial charge < -0.3 is 10.1 Å². The maximum Gasteiger partial charge on any atom is 0.337 e. The number of anilines is 2. The van der Waals surface area contributed by atoms with Gasteiger partial charge >= 0.3 is 5.97 Å². The van der Waals surface area contributed by atoms with Crippen LogP contribution in [0.2, 0.25) is 0 Å². The molecular formula is C14H16ClN3O2S. The van der Waals surface area contributed by atoms with Crippen LogP contribution >= 0.6 is 24.2 Å². The molecule has 0 saturated heterocycles. The molecule has 2 rings (SSSR count). The highest BCUT2D eigenvalue weighted by molar-refractivity contribution is 7.98. The first-order valence-corrected chi connectivity index (χ1v) is 7.20. The molecule has 112 valence electrons. The number of halogens is 1. The Kier molecular flexibility index (Phi) is 6.45. The fourth-order valence-electron chi connectivity index (χ4n) is 1.69. The molecule has 1 aromatic heterocycles. The van der Waals surface area contributed by atoms with Crippen LogP contribution in [0, 0.1) is 6.92 Å². The minimum Gasteiger partial charge on any atom is -0.465 e. The van der Waals surface area contributed by atoms with Crippen LogP contribution in [0.1, 0.15) is 16.1 Å². The smallest absolute Gasteiger partial charge is 0.337 e. The third-order valence-corrected chi connectivity index (χ3v) is 3.12. The summed E-state index contributed by atoms with van der Waals surface area (Å²) in [4.78, 5) is 20.2. The van der Waals surface area contributed by atoms with Gasteiger partial charge in [0, 0.05) is 17.4 Å². The first-order chi connectivity index (χ1) is 9.62. The molecule has 1 heterocycles. The van der Waals surface area contributed by atoms with Crippen molar-refractivity contribution in [3.8, 4) is 0 Å². The summed E-state index contributed by atoms with van der Waals surface area (Å²) >= 11 is 1.48. The van der Waals surface area contributed by atoms with E-state index in [1.807, 2.05) is 25.3 Å². The lowest BCUT2D eigenvalue weighted by atomic mass is 10.2. The van der Waals surface area contributed by atoms with E-state index in [4.69, 9.17) is 4.74 Å². The number of benzene rings is 1. The number of esters is 1. The van der Waals surface area contributed by atoms with Crippen molar-refractivity contribution in [2.75, 3.05) is 18.7 Å². The zero-order chi connectivity index (χ0) is 14.5. The molecule has 0 aliphatic heterocycles. The van der Waals surface area contributed by atoms with E-state index in [1.54, 1.807) is 18.2 Å². The van der Waals surface area contributed by atoms with Gasteiger partial charge in [-0.2, -0.15) is 0 Å². The number of nitrogens with zero attached hydrogens (tertiary/aromatic N) is 2. The zero-order valence-corrected chi connectivity index (χ0v) is 13.5. The molecule has 0 atom stereocenters. The predicted molar refractivity (Wildman–Crippen MR) is 86.9 cm³/mol. The second-order valence-corrected chi connectivity index (χ2v) is 4.85. The number of aryl methyl sites for hydroxylation is 1. The fraction of sp³-hybridized carbons (Fsp3) is 0.214. The molecule has 1 N–H and O–H groups in total. The standard InChI is InChI=1S/C14H15N3O2S.ClH/c1-9-7-12(17-14(15-9)20-3)16-11-6-4-5-10(8-11)13(18)19-2;/h4-8H,1-3H3,(H,15,16,17);1H. The second kappa shape index (κ2) is 7.85. The number of carbonyl (C=O) groups excluding carboxylic acids is 1. The van der Waals surface area contributed by atoms with Gasteiger partial charge in [0.25, 0.3) is 0 Å². The first kappa shape index (κ1) is 17.3. The maximum atomic E-state index is 11.5. The number of rotatable bonds is 4. The Morgan fingerprint density at radius 1 is 1.29 bits per heavy atom. The highest BCUT2D eigenvalue weighted by Crippen LogP contribution is 2.19. The summed E-state index contributed by atoms with van der Waals surface area (Å²) in [6, 6.07) is 8.93. The van der Waals surface area contributed by atoms with E-state index in [2.05, 4.69) is 15.3 Å². The molecule has 0 aliphatic rings. The van der Waals surface area contributed by atoms with Gasteiger partial charge in [-0.1, -0.05) is 17.8 Å². The lowest BCUT2D eigenvalue weighted by molar-refractivity contribution is 0.0601. The lowest BCUT2D eigenvalue weighted by Gasteiger charge is -2.08. The average Bonchev–Trinajstić information content (AvgIpc) is 2.46. The predicted octanol–water partition coefficient (Wildman–Crippen LogP) is 3.46. The number of ether oxygens (including phenoxy) is 1. The van der Waals surface area contributed by atoms with E-state index in [0.717, 1.165) is 11.4 Å². The van der Waals surface area contributed by atoms with Crippen molar-refractivity contribution in [3.05, 3.63) is 41.6 Å². The SMILES string of the molecule is COC(=O)c1cccc(Nc2cc(C)nc(SC)n2)c1.Cl. The topological polar surface area (TPSA) is 64.1 Å². The van der Waals surface area contributed by atoms with E-state index in [1.165, 1.54) is 18.9 Å². The normalized spacial score (nSPS) is 9.67. The van der Waals surface area contributed by atoms with Gasteiger partial charge in [0.2, 0.25) is 0 Å². The van der Waals surface area contributed by atoms with Crippen LogP contribution in [0.5, 0.6) is 0 Å². The Morgan fingerprint density at radius 3 is 2.71 bits per heavy atom. The number of hydrogen-bond donors (Lipinski definition) is 1. The summed E-state index contributed by atoms with van der Waals surface area (Å²) < 4.78 is 4.70. The molecule has 0 spiro atoms. The average molecular weight is 326 g/mol. The molecule has 21 heavy (non-hydrogen) atoms. The minimum atomic E-state index is -0.364. The lowest BCUT2D eigenvalue weighted by Crippen LogP contribution is -2.02. The van der Waals surface area contributed by atoms with Crippen molar-refractivity contribution in [3.63, 3.8) is 0 Å². The minimum absolute atomic E-state index is 0. The van der Waals surface area contributed by atoms with Gasteiger partial charge in [0.1, 0.15) is 5.82 Å². The molecule has 0 bridgehead atoms. The molecule has 5 nitrogen and oxygen atoms in total. The van der Waals surface area contributed by atoms with E-state index in [-0.39, 0.29) is 18.4 Å². The van der Waals surface area contributed by atoms with Gasteiger partial charge in [-0.25, -0.2) is 14.8 Å². The zero-order valence-electron chi connectivity index (χ0n) is 11.9. The molecular weight excluding hydrogens is 310 g/mol. The summed E-state index contributed by atoms with van der Waals surface area (Å²) in [5, 5.41) is 3.87. The third kappa shape index (κ3) is 4.61. The van der Waals surface area contributed by atoms with Crippen LogP contribution in [-0.4, -0.2) is 29.3 Å². The Labute approximate surface area is 133 Å². The first-order valence-electron chi connectivity index (χ1n) is 5.97. The molecule has 0 amide bonds. The Bertz CT molecular complexity index is 637. The van der Waals surface area contributed by atoms with Crippen LogP contribution in [0.25, 0.3) is 0 Å². The molecule has 0 fully saturated rings. The van der Waals surface area contributed by atoms with Crippen LogP contribution in [0.4, 0.5) is 11.5 Å². The van der Waals surface area contributed by atoms with Crippen molar-refractivity contribution >= 4 is 41.6 Å². The largest absolute Gasteiger partial charge is 0.465 e. The highest BCUT2D eigenvalue weighted by atomic mass is 35.5. The molecule has 0 unspecified atom stereocenters. The Balaban J connectivity index is 0.00000220. The summed E-state index contributed by atoms with van der Waals surface area (Å²) in [7, 11) is 1.36. The monoisotopic (exact) mass is 325 g/mol. The van der Waals surface area contributed by atoms with Crippen molar-refractivity contribution in [1.82, 2.24) is 9.97 Å². The summed E-state index contributed by atoms with van der Waals surface area (Å²) in [6.45, 7) is 1.91. The van der Waals surface area contributed by atoms with Crippen molar-refractivity contribution in [2.45, 2.75) is 12.1 Å². The van der Waals surface area contributed by atoms with Gasteiger partial charge in [-0.05, 0) is 31.4 Å². The molecule has 0 radical (unpaired) electrons. The number of carbonyl (C=O) groups is 1. The number of methoxy groups -OCH3 is 1. The molecule has 0 saturated carbocycles. The number of nitrogens with one attached hydrogen (secondary N) is 1. The Hall–Kier alpha value is -1.79. The summed E-state index contributed by atoms with van der Waals surface area (Å²) in [6.07, 6.45) is 1.93. The van der Waals surface area contributed by atoms with E-state index in [9.17, 15) is 4.79 Å². The molecule has 2 aromatic rings. The van der Waals surface area contributed by atoms with Crippen molar-refractivity contribution in [1.29, 1.82) is 0 Å². The number of hydrogen-bond acceptors (Lipinski definition) is 6. The second-order valence-electron chi connectivity index (χ2n) is 4.08. The van der Waals surface area contributed by atoms with E-state index in [0.29, 0.717) is 16.5 Å². The van der Waals surface area contributed by atoms with Gasteiger partial charge in [0.15, 0.2) is 5.16 Å². The quantitative estimate of drug-likeness (QED) is 0.527. The van der Waals surface area contributed by atoms with Crippen molar-refractivity contribution in [2.24, 2.45) is 0 Å². The number of thioether (sulfide) groups is 1. The summed E-state index contributed by atoms with van der Waals surface area (Å²) in [5.74, 6) is 0.334. The van der Waals surface area contributed by atoms with Crippen LogP contribution < -0.4 is 5.32 Å². The summed E-state index contributed by atoms with van der Waals surface area (Å²) in [5.41, 5.74) is 2.15. The number of aromatic nitrogens is 2.